The van der Waals surface area contributed by atoms with Gasteiger partial charge >= 0.3 is 0 Å². The first kappa shape index (κ1) is 18.7. The largest absolute Gasteiger partial charge is 0.598 e. The zero-order chi connectivity index (χ0) is 17.9. The van der Waals surface area contributed by atoms with Crippen LogP contribution in [0.3, 0.4) is 0 Å². The van der Waals surface area contributed by atoms with E-state index in [-0.39, 0.29) is 10.7 Å². The van der Waals surface area contributed by atoms with E-state index in [9.17, 15) is 8.94 Å². The molecule has 1 N–H and O–H groups in total. The molecule has 1 heterocycles. The molecule has 0 saturated heterocycles. The SMILES string of the molecule is CC(C)(C)[S@@+]([O-])N[C@H](c1ccc(F)c(Cl)c1)c1cccc(C#N)n1. The van der Waals surface area contributed by atoms with Crippen molar-refractivity contribution in [1.29, 1.82) is 5.26 Å². The number of hydrogen-bond acceptors (Lipinski definition) is 4. The van der Waals surface area contributed by atoms with Crippen molar-refractivity contribution in [2.45, 2.75) is 31.6 Å². The molecule has 126 valence electrons. The maximum absolute atomic E-state index is 13.5. The Balaban J connectivity index is 2.48. The Labute approximate surface area is 149 Å². The highest BCUT2D eigenvalue weighted by molar-refractivity contribution is 7.90. The van der Waals surface area contributed by atoms with Gasteiger partial charge in [0.15, 0.2) is 0 Å². The van der Waals surface area contributed by atoms with Crippen LogP contribution in [0.2, 0.25) is 5.02 Å². The van der Waals surface area contributed by atoms with E-state index in [1.165, 1.54) is 12.1 Å². The molecule has 2 atom stereocenters. The molecule has 0 bridgehead atoms. The minimum atomic E-state index is -1.40. The van der Waals surface area contributed by atoms with Gasteiger partial charge in [0.2, 0.25) is 0 Å². The summed E-state index contributed by atoms with van der Waals surface area (Å²) < 4.78 is 28.5. The number of pyridine rings is 1. The predicted octanol–water partition coefficient (Wildman–Crippen LogP) is 3.89. The minimum Gasteiger partial charge on any atom is -0.598 e. The molecule has 1 aromatic heterocycles. The van der Waals surface area contributed by atoms with Gasteiger partial charge in [0.25, 0.3) is 0 Å². The first-order valence-electron chi connectivity index (χ1n) is 7.22. The number of halogens is 2. The number of rotatable bonds is 4. The number of nitrogens with one attached hydrogen (secondary N) is 1. The van der Waals surface area contributed by atoms with Gasteiger partial charge in [0.1, 0.15) is 28.4 Å². The highest BCUT2D eigenvalue weighted by Gasteiger charge is 2.31. The first-order valence-corrected chi connectivity index (χ1v) is 8.75. The maximum atomic E-state index is 13.5. The van der Waals surface area contributed by atoms with Gasteiger partial charge in [-0.1, -0.05) is 23.7 Å². The summed E-state index contributed by atoms with van der Waals surface area (Å²) in [5, 5.41) is 9.01. The van der Waals surface area contributed by atoms with Crippen molar-refractivity contribution in [1.82, 2.24) is 9.71 Å². The lowest BCUT2D eigenvalue weighted by Gasteiger charge is -2.28. The molecule has 2 aromatic rings. The van der Waals surface area contributed by atoms with Crippen molar-refractivity contribution < 1.29 is 8.94 Å². The molecule has 0 saturated carbocycles. The summed E-state index contributed by atoms with van der Waals surface area (Å²) in [7, 11) is 0. The molecule has 0 aliphatic heterocycles. The highest BCUT2D eigenvalue weighted by atomic mass is 35.5. The van der Waals surface area contributed by atoms with Crippen LogP contribution >= 0.6 is 11.6 Å². The van der Waals surface area contributed by atoms with E-state index in [1.54, 1.807) is 24.3 Å². The van der Waals surface area contributed by atoms with Gasteiger partial charge in [0, 0.05) is 11.4 Å². The summed E-state index contributed by atoms with van der Waals surface area (Å²) in [6, 6.07) is 10.7. The van der Waals surface area contributed by atoms with E-state index in [4.69, 9.17) is 16.9 Å². The van der Waals surface area contributed by atoms with Crippen molar-refractivity contribution in [3.8, 4) is 6.07 Å². The van der Waals surface area contributed by atoms with Gasteiger partial charge in [-0.05, 0) is 50.6 Å². The van der Waals surface area contributed by atoms with Crippen LogP contribution in [-0.2, 0) is 11.4 Å². The van der Waals surface area contributed by atoms with Crippen LogP contribution in [0.25, 0.3) is 0 Å². The summed E-state index contributed by atoms with van der Waals surface area (Å²) in [6.45, 7) is 5.51. The summed E-state index contributed by atoms with van der Waals surface area (Å²) in [6.07, 6.45) is 0. The molecule has 0 aliphatic carbocycles. The zero-order valence-corrected chi connectivity index (χ0v) is 15.1. The number of aromatic nitrogens is 1. The van der Waals surface area contributed by atoms with Crippen LogP contribution in [0.1, 0.15) is 43.8 Å². The van der Waals surface area contributed by atoms with Gasteiger partial charge in [-0.3, -0.25) is 0 Å². The molecular formula is C17H17ClFN3OS. The van der Waals surface area contributed by atoms with E-state index < -0.39 is 28.0 Å². The van der Waals surface area contributed by atoms with Gasteiger partial charge in [-0.2, -0.15) is 5.26 Å². The summed E-state index contributed by atoms with van der Waals surface area (Å²) in [5.41, 5.74) is 1.37. The van der Waals surface area contributed by atoms with Crippen LogP contribution in [-0.4, -0.2) is 14.3 Å². The third-order valence-electron chi connectivity index (χ3n) is 3.24. The van der Waals surface area contributed by atoms with Crippen LogP contribution in [0.15, 0.2) is 36.4 Å². The lowest BCUT2D eigenvalue weighted by atomic mass is 10.0. The van der Waals surface area contributed by atoms with Crippen molar-refractivity contribution in [2.75, 3.05) is 0 Å². The Bertz CT molecular complexity index is 773. The minimum absolute atomic E-state index is 0.0303. The monoisotopic (exact) mass is 365 g/mol. The average Bonchev–Trinajstić information content (AvgIpc) is 2.54. The molecule has 0 radical (unpaired) electrons. The van der Waals surface area contributed by atoms with Gasteiger partial charge in [0.05, 0.1) is 10.7 Å². The average molecular weight is 366 g/mol. The molecule has 0 amide bonds. The smallest absolute Gasteiger partial charge is 0.141 e. The Morgan fingerprint density at radius 2 is 2.04 bits per heavy atom. The summed E-state index contributed by atoms with van der Waals surface area (Å²) >= 11 is 4.48. The second-order valence-corrected chi connectivity index (χ2v) is 8.57. The number of benzene rings is 1. The third kappa shape index (κ3) is 4.46. The van der Waals surface area contributed by atoms with Crippen molar-refractivity contribution >= 4 is 23.0 Å². The van der Waals surface area contributed by atoms with E-state index >= 15 is 0 Å². The fourth-order valence-electron chi connectivity index (χ4n) is 1.95. The molecule has 7 heteroatoms. The molecule has 1 aromatic carbocycles. The van der Waals surface area contributed by atoms with Crippen molar-refractivity contribution in [2.24, 2.45) is 0 Å². The Hall–Kier alpha value is -1.65. The molecule has 0 unspecified atom stereocenters. The molecule has 0 spiro atoms. The lowest BCUT2D eigenvalue weighted by Crippen LogP contribution is -2.41. The molecular weight excluding hydrogens is 349 g/mol. The highest BCUT2D eigenvalue weighted by Crippen LogP contribution is 2.28. The van der Waals surface area contributed by atoms with Crippen LogP contribution < -0.4 is 4.72 Å². The summed E-state index contributed by atoms with van der Waals surface area (Å²) in [4.78, 5) is 4.26. The topological polar surface area (TPSA) is 71.8 Å². The van der Waals surface area contributed by atoms with Gasteiger partial charge in [-0.15, -0.1) is 4.72 Å². The standard InChI is InChI=1S/C17H17ClFN3OS/c1-17(2,3)24(23)22-16(11-7-8-14(19)13(18)9-11)15-6-4-5-12(10-20)21-15/h4-9,16,22H,1-3H3/t16-,24-/m1/s1. The third-order valence-corrected chi connectivity index (χ3v) is 5.09. The lowest BCUT2D eigenvalue weighted by molar-refractivity contribution is 0.534. The maximum Gasteiger partial charge on any atom is 0.141 e. The fraction of sp³-hybridized carbons (Fsp3) is 0.294. The second-order valence-electron chi connectivity index (χ2n) is 6.17. The molecule has 4 nitrogen and oxygen atoms in total. The Morgan fingerprint density at radius 3 is 2.62 bits per heavy atom. The molecule has 0 fully saturated rings. The number of nitrogens with zero attached hydrogens (tertiary/aromatic N) is 2. The first-order chi connectivity index (χ1) is 11.2. The fourth-order valence-corrected chi connectivity index (χ4v) is 2.96. The van der Waals surface area contributed by atoms with E-state index in [0.717, 1.165) is 0 Å². The van der Waals surface area contributed by atoms with Crippen LogP contribution in [0.5, 0.6) is 0 Å². The van der Waals surface area contributed by atoms with Crippen LogP contribution in [0.4, 0.5) is 4.39 Å². The molecule has 2 rings (SSSR count). The number of nitriles is 1. The Kier molecular flexibility index (Phi) is 5.83. The van der Waals surface area contributed by atoms with Crippen molar-refractivity contribution in [3.63, 3.8) is 0 Å². The van der Waals surface area contributed by atoms with Crippen molar-refractivity contribution in [3.05, 3.63) is 64.2 Å². The van der Waals surface area contributed by atoms with E-state index in [0.29, 0.717) is 11.3 Å². The normalized spacial score (nSPS) is 14.0. The second kappa shape index (κ2) is 7.49. The Morgan fingerprint density at radius 1 is 1.33 bits per heavy atom. The zero-order valence-electron chi connectivity index (χ0n) is 13.5. The quantitative estimate of drug-likeness (QED) is 0.834. The predicted molar refractivity (Wildman–Crippen MR) is 93.2 cm³/mol. The molecule has 0 aliphatic rings. The number of hydrogen-bond donors (Lipinski definition) is 1. The van der Waals surface area contributed by atoms with Gasteiger partial charge in [-0.25, -0.2) is 9.37 Å². The summed E-state index contributed by atoms with van der Waals surface area (Å²) in [5.74, 6) is -0.533. The van der Waals surface area contributed by atoms with Gasteiger partial charge < -0.3 is 4.55 Å². The molecule has 24 heavy (non-hydrogen) atoms. The van der Waals surface area contributed by atoms with Crippen LogP contribution in [0, 0.1) is 17.1 Å². The van der Waals surface area contributed by atoms with E-state index in [2.05, 4.69) is 9.71 Å². The van der Waals surface area contributed by atoms with E-state index in [1.807, 2.05) is 26.8 Å².